The minimum atomic E-state index is 0.639. The van der Waals surface area contributed by atoms with Gasteiger partial charge in [0.15, 0.2) is 5.11 Å². The molecule has 136 valence electrons. The maximum atomic E-state index is 5.53. The molecular formula is C18H21BrN6S. The first-order valence-corrected chi connectivity index (χ1v) is 9.55. The number of hydrogen-bond acceptors (Lipinski definition) is 3. The molecule has 2 aromatic heterocycles. The van der Waals surface area contributed by atoms with Crippen LogP contribution in [0.2, 0.25) is 0 Å². The summed E-state index contributed by atoms with van der Waals surface area (Å²) in [6, 6.07) is 10.2. The van der Waals surface area contributed by atoms with Crippen molar-refractivity contribution in [2.75, 3.05) is 12.4 Å². The zero-order valence-electron chi connectivity index (χ0n) is 14.8. The smallest absolute Gasteiger partial charge is 0.173 e. The van der Waals surface area contributed by atoms with Gasteiger partial charge in [0.05, 0.1) is 41.3 Å². The van der Waals surface area contributed by atoms with Gasteiger partial charge < -0.3 is 10.2 Å². The number of halogens is 1. The predicted molar refractivity (Wildman–Crippen MR) is 111 cm³/mol. The van der Waals surface area contributed by atoms with Gasteiger partial charge in [0.2, 0.25) is 0 Å². The van der Waals surface area contributed by atoms with Crippen LogP contribution in [-0.4, -0.2) is 36.6 Å². The van der Waals surface area contributed by atoms with Crippen molar-refractivity contribution in [2.45, 2.75) is 26.6 Å². The van der Waals surface area contributed by atoms with Crippen molar-refractivity contribution in [1.29, 1.82) is 0 Å². The minimum absolute atomic E-state index is 0.639. The first kappa shape index (κ1) is 18.6. The summed E-state index contributed by atoms with van der Waals surface area (Å²) in [7, 11) is 1.96. The van der Waals surface area contributed by atoms with Gasteiger partial charge in [0.1, 0.15) is 0 Å². The fraction of sp³-hybridized carbons (Fsp3) is 0.278. The highest BCUT2D eigenvalue weighted by molar-refractivity contribution is 9.10. The van der Waals surface area contributed by atoms with Crippen LogP contribution < -0.4 is 5.32 Å². The Bertz CT molecular complexity index is 873. The first-order chi connectivity index (χ1) is 12.6. The Morgan fingerprint density at radius 1 is 1.23 bits per heavy atom. The van der Waals surface area contributed by atoms with Gasteiger partial charge in [-0.05, 0) is 40.6 Å². The van der Waals surface area contributed by atoms with Crippen LogP contribution in [0.1, 0.15) is 18.2 Å². The van der Waals surface area contributed by atoms with Crippen LogP contribution in [0.5, 0.6) is 0 Å². The van der Waals surface area contributed by atoms with E-state index in [4.69, 9.17) is 12.2 Å². The number of nitrogens with one attached hydrogen (secondary N) is 1. The van der Waals surface area contributed by atoms with Crippen LogP contribution in [0.3, 0.4) is 0 Å². The molecule has 2 heterocycles. The Kier molecular flexibility index (Phi) is 6.05. The molecule has 0 aliphatic carbocycles. The van der Waals surface area contributed by atoms with Gasteiger partial charge in [-0.2, -0.15) is 10.2 Å². The molecule has 8 heteroatoms. The zero-order valence-corrected chi connectivity index (χ0v) is 17.2. The van der Waals surface area contributed by atoms with E-state index in [0.717, 1.165) is 28.9 Å². The molecule has 3 aromatic rings. The lowest BCUT2D eigenvalue weighted by molar-refractivity contribution is 0.470. The largest absolute Gasteiger partial charge is 0.346 e. The quantitative estimate of drug-likeness (QED) is 0.601. The summed E-state index contributed by atoms with van der Waals surface area (Å²) in [4.78, 5) is 1.98. The Balaban J connectivity index is 1.60. The third kappa shape index (κ3) is 4.50. The van der Waals surface area contributed by atoms with Crippen molar-refractivity contribution in [3.8, 4) is 0 Å². The Labute approximate surface area is 166 Å². The Morgan fingerprint density at radius 2 is 2.00 bits per heavy atom. The molecule has 1 aromatic carbocycles. The second kappa shape index (κ2) is 8.46. The van der Waals surface area contributed by atoms with Crippen molar-refractivity contribution in [2.24, 2.45) is 0 Å². The summed E-state index contributed by atoms with van der Waals surface area (Å²) in [6.45, 7) is 4.29. The van der Waals surface area contributed by atoms with E-state index < -0.39 is 0 Å². The van der Waals surface area contributed by atoms with Gasteiger partial charge in [-0.15, -0.1) is 0 Å². The summed E-state index contributed by atoms with van der Waals surface area (Å²) in [5.41, 5.74) is 3.18. The van der Waals surface area contributed by atoms with Crippen molar-refractivity contribution in [3.63, 3.8) is 0 Å². The Hall–Kier alpha value is -2.19. The average molecular weight is 433 g/mol. The number of anilines is 1. The highest BCUT2D eigenvalue weighted by Gasteiger charge is 2.13. The van der Waals surface area contributed by atoms with Crippen LogP contribution in [0, 0.1) is 0 Å². The van der Waals surface area contributed by atoms with Crippen molar-refractivity contribution in [3.05, 3.63) is 64.7 Å². The van der Waals surface area contributed by atoms with E-state index in [-0.39, 0.29) is 0 Å². The maximum absolute atomic E-state index is 5.53. The summed E-state index contributed by atoms with van der Waals surface area (Å²) >= 11 is 9.08. The van der Waals surface area contributed by atoms with E-state index in [1.807, 2.05) is 51.9 Å². The molecule has 3 rings (SSSR count). The van der Waals surface area contributed by atoms with Gasteiger partial charge >= 0.3 is 0 Å². The number of aromatic nitrogens is 4. The lowest BCUT2D eigenvalue weighted by Gasteiger charge is -2.21. The zero-order chi connectivity index (χ0) is 18.5. The summed E-state index contributed by atoms with van der Waals surface area (Å²) < 4.78 is 4.84. The normalized spacial score (nSPS) is 10.7. The van der Waals surface area contributed by atoms with E-state index in [1.165, 1.54) is 5.56 Å². The lowest BCUT2D eigenvalue weighted by atomic mass is 10.2. The predicted octanol–water partition coefficient (Wildman–Crippen LogP) is 3.74. The standard InChI is InChI=1S/C18H21BrN6S/c1-3-25-17(16(19)10-21-25)13-23(2)18(26)22-15-9-20-24(12-15)11-14-7-5-4-6-8-14/h4-10,12H,3,11,13H2,1-2H3,(H,22,26). The molecule has 0 radical (unpaired) electrons. The molecule has 26 heavy (non-hydrogen) atoms. The minimum Gasteiger partial charge on any atom is -0.346 e. The van der Waals surface area contributed by atoms with Crippen LogP contribution in [0.25, 0.3) is 0 Å². The number of rotatable bonds is 6. The summed E-state index contributed by atoms with van der Waals surface area (Å²) in [5.74, 6) is 0. The topological polar surface area (TPSA) is 50.9 Å². The fourth-order valence-electron chi connectivity index (χ4n) is 2.62. The van der Waals surface area contributed by atoms with E-state index >= 15 is 0 Å². The molecule has 0 atom stereocenters. The van der Waals surface area contributed by atoms with Gasteiger partial charge in [-0.3, -0.25) is 9.36 Å². The van der Waals surface area contributed by atoms with Gasteiger partial charge in [-0.25, -0.2) is 0 Å². The molecule has 0 saturated heterocycles. The molecule has 0 unspecified atom stereocenters. The Morgan fingerprint density at radius 3 is 2.73 bits per heavy atom. The number of hydrogen-bond donors (Lipinski definition) is 1. The molecule has 1 N–H and O–H groups in total. The van der Waals surface area contributed by atoms with Gasteiger partial charge in [-0.1, -0.05) is 30.3 Å². The first-order valence-electron chi connectivity index (χ1n) is 8.35. The van der Waals surface area contributed by atoms with Crippen LogP contribution in [0.4, 0.5) is 5.69 Å². The second-order valence-corrected chi connectivity index (χ2v) is 7.19. The van der Waals surface area contributed by atoms with E-state index in [9.17, 15) is 0 Å². The van der Waals surface area contributed by atoms with Crippen molar-refractivity contribution >= 4 is 38.9 Å². The second-order valence-electron chi connectivity index (χ2n) is 5.95. The van der Waals surface area contributed by atoms with Crippen molar-refractivity contribution in [1.82, 2.24) is 24.5 Å². The van der Waals surface area contributed by atoms with E-state index in [0.29, 0.717) is 11.7 Å². The third-order valence-corrected chi connectivity index (χ3v) is 5.08. The van der Waals surface area contributed by atoms with Crippen LogP contribution in [0.15, 0.2) is 53.4 Å². The van der Waals surface area contributed by atoms with E-state index in [1.54, 1.807) is 6.20 Å². The summed E-state index contributed by atoms with van der Waals surface area (Å²) in [5, 5.41) is 12.6. The van der Waals surface area contributed by atoms with Gasteiger partial charge in [0, 0.05) is 19.8 Å². The molecule has 0 spiro atoms. The number of thiocarbonyl (C=S) groups is 1. The average Bonchev–Trinajstić information content (AvgIpc) is 3.22. The van der Waals surface area contributed by atoms with E-state index in [2.05, 4.69) is 50.5 Å². The maximum Gasteiger partial charge on any atom is 0.173 e. The molecule has 0 fully saturated rings. The highest BCUT2D eigenvalue weighted by Crippen LogP contribution is 2.18. The highest BCUT2D eigenvalue weighted by atomic mass is 79.9. The molecule has 6 nitrogen and oxygen atoms in total. The third-order valence-electron chi connectivity index (χ3n) is 4.00. The molecule has 0 saturated carbocycles. The molecule has 0 aliphatic heterocycles. The van der Waals surface area contributed by atoms with Crippen molar-refractivity contribution < 1.29 is 0 Å². The molecule has 0 aliphatic rings. The SMILES string of the molecule is CCn1ncc(Br)c1CN(C)C(=S)Nc1cnn(Cc2ccccc2)c1. The van der Waals surface area contributed by atoms with Gasteiger partial charge in [0.25, 0.3) is 0 Å². The number of aryl methyl sites for hydroxylation is 1. The monoisotopic (exact) mass is 432 g/mol. The van der Waals surface area contributed by atoms with Crippen LogP contribution in [-0.2, 0) is 19.6 Å². The van der Waals surface area contributed by atoms with Crippen LogP contribution >= 0.6 is 28.1 Å². The summed E-state index contributed by atoms with van der Waals surface area (Å²) in [6.07, 6.45) is 5.56. The lowest BCUT2D eigenvalue weighted by Crippen LogP contribution is -2.31. The molecule has 0 amide bonds. The fourth-order valence-corrected chi connectivity index (χ4v) is 3.22. The number of nitrogens with zero attached hydrogens (tertiary/aromatic N) is 5. The molecular weight excluding hydrogens is 412 g/mol. The molecule has 0 bridgehead atoms. The number of benzene rings is 1.